The number of hydrogen-bond acceptors (Lipinski definition) is 3. The van der Waals surface area contributed by atoms with Crippen LogP contribution < -0.4 is 0 Å². The van der Waals surface area contributed by atoms with Gasteiger partial charge in [0.2, 0.25) is 0 Å². The van der Waals surface area contributed by atoms with Gasteiger partial charge < -0.3 is 9.52 Å². The fourth-order valence-electron chi connectivity index (χ4n) is 2.45. The number of phenolic OH excluding ortho intramolecular Hbond substituents is 1. The van der Waals surface area contributed by atoms with Gasteiger partial charge in [0.05, 0.1) is 14.5 Å². The van der Waals surface area contributed by atoms with Crippen LogP contribution in [-0.4, -0.2) is 10.9 Å². The molecule has 0 aliphatic carbocycles. The summed E-state index contributed by atoms with van der Waals surface area (Å²) in [6, 6.07) is 5.81. The molecule has 1 N–H and O–H groups in total. The first-order chi connectivity index (χ1) is 11.6. The lowest BCUT2D eigenvalue weighted by molar-refractivity contribution is -0.00469. The summed E-state index contributed by atoms with van der Waals surface area (Å²) in [5.41, 5.74) is -0.404. The largest absolute Gasteiger partial charge is 0.506 e. The van der Waals surface area contributed by atoms with Crippen LogP contribution in [0.3, 0.4) is 0 Å². The monoisotopic (exact) mass is 476 g/mol. The van der Waals surface area contributed by atoms with Gasteiger partial charge in [0.25, 0.3) is 0 Å². The second-order valence-electron chi connectivity index (χ2n) is 5.45. The van der Waals surface area contributed by atoms with E-state index in [0.717, 1.165) is 12.1 Å². The normalized spacial score (nSPS) is 11.9. The fourth-order valence-corrected chi connectivity index (χ4v) is 3.63. The highest BCUT2D eigenvalue weighted by Gasteiger charge is 2.37. The number of rotatable bonds is 3. The second-order valence-corrected chi connectivity index (χ2v) is 7.16. The number of carbonyl (C=O) groups is 1. The molecule has 0 spiro atoms. The first kappa shape index (κ1) is 18.0. The van der Waals surface area contributed by atoms with Crippen LogP contribution in [0.4, 0.5) is 13.2 Å². The van der Waals surface area contributed by atoms with Gasteiger partial charge in [-0.2, -0.15) is 8.78 Å². The molecule has 0 fully saturated rings. The number of halogens is 5. The van der Waals surface area contributed by atoms with Gasteiger partial charge >= 0.3 is 5.92 Å². The van der Waals surface area contributed by atoms with Crippen molar-refractivity contribution in [3.05, 3.63) is 62.0 Å². The number of benzene rings is 2. The predicted octanol–water partition coefficient (Wildman–Crippen LogP) is 6.15. The van der Waals surface area contributed by atoms with Crippen LogP contribution in [0.5, 0.6) is 5.75 Å². The molecule has 130 valence electrons. The Hall–Kier alpha value is -1.80. The van der Waals surface area contributed by atoms with Gasteiger partial charge in [-0.15, -0.1) is 0 Å². The molecule has 8 heteroatoms. The summed E-state index contributed by atoms with van der Waals surface area (Å²) in [6.45, 7) is 0.598. The molecule has 0 bridgehead atoms. The van der Waals surface area contributed by atoms with Gasteiger partial charge in [0.15, 0.2) is 11.5 Å². The number of alkyl halides is 2. The first-order valence-electron chi connectivity index (χ1n) is 6.92. The summed E-state index contributed by atoms with van der Waals surface area (Å²) in [5.74, 6) is -5.87. The van der Waals surface area contributed by atoms with Crippen LogP contribution in [0.2, 0.25) is 0 Å². The third-order valence-electron chi connectivity index (χ3n) is 3.55. The lowest BCUT2D eigenvalue weighted by Gasteiger charge is -2.10. The molecule has 0 radical (unpaired) electrons. The van der Waals surface area contributed by atoms with Crippen LogP contribution in [0.1, 0.15) is 28.6 Å². The molecule has 3 nitrogen and oxygen atoms in total. The molecule has 2 aromatic carbocycles. The third-order valence-corrected chi connectivity index (χ3v) is 4.76. The molecule has 0 saturated carbocycles. The zero-order valence-electron chi connectivity index (χ0n) is 12.5. The minimum Gasteiger partial charge on any atom is -0.506 e. The van der Waals surface area contributed by atoms with Crippen LogP contribution >= 0.6 is 31.9 Å². The van der Waals surface area contributed by atoms with E-state index in [2.05, 4.69) is 31.9 Å². The number of phenols is 1. The molecule has 0 amide bonds. The Morgan fingerprint density at radius 3 is 2.32 bits per heavy atom. The van der Waals surface area contributed by atoms with Crippen LogP contribution in [0.25, 0.3) is 11.0 Å². The number of hydrogen-bond donors (Lipinski definition) is 1. The van der Waals surface area contributed by atoms with Gasteiger partial charge in [0.1, 0.15) is 17.1 Å². The summed E-state index contributed by atoms with van der Waals surface area (Å²) >= 11 is 6.17. The van der Waals surface area contributed by atoms with E-state index < -0.39 is 28.8 Å². The van der Waals surface area contributed by atoms with Crippen LogP contribution in [-0.2, 0) is 5.92 Å². The van der Waals surface area contributed by atoms with Crippen molar-refractivity contribution in [1.82, 2.24) is 0 Å². The summed E-state index contributed by atoms with van der Waals surface area (Å²) < 4.78 is 47.0. The van der Waals surface area contributed by atoms with Gasteiger partial charge in [0, 0.05) is 17.9 Å². The van der Waals surface area contributed by atoms with Gasteiger partial charge in [-0.3, -0.25) is 4.79 Å². The Balaban J connectivity index is 2.30. The standard InChI is InChI=1S/C17H9Br2F3O3/c1-17(21,22)16-13(9-6-8(20)2-3-12(9)25-16)14(23)7-4-10(18)15(24)11(19)5-7/h2-6,24H,1H3. The second kappa shape index (κ2) is 6.17. The number of fused-ring (bicyclic) bond motifs is 1. The van der Waals surface area contributed by atoms with Crippen molar-refractivity contribution in [1.29, 1.82) is 0 Å². The molecular formula is C17H9Br2F3O3. The zero-order chi connectivity index (χ0) is 18.5. The molecule has 3 rings (SSSR count). The molecule has 0 unspecified atom stereocenters. The Labute approximate surface area is 156 Å². The average molecular weight is 478 g/mol. The number of ketones is 1. The van der Waals surface area contributed by atoms with Crippen molar-refractivity contribution in [3.8, 4) is 5.75 Å². The highest BCUT2D eigenvalue weighted by molar-refractivity contribution is 9.11. The highest BCUT2D eigenvalue weighted by atomic mass is 79.9. The minimum absolute atomic E-state index is 0.0156. The molecule has 25 heavy (non-hydrogen) atoms. The van der Waals surface area contributed by atoms with Crippen molar-refractivity contribution < 1.29 is 27.5 Å². The maximum absolute atomic E-state index is 14.0. The van der Waals surface area contributed by atoms with E-state index >= 15 is 0 Å². The van der Waals surface area contributed by atoms with Crippen molar-refractivity contribution in [3.63, 3.8) is 0 Å². The summed E-state index contributed by atoms with van der Waals surface area (Å²) in [4.78, 5) is 12.9. The Kier molecular flexibility index (Phi) is 4.45. The molecule has 0 atom stereocenters. The summed E-state index contributed by atoms with van der Waals surface area (Å²) in [5, 5.41) is 9.70. The van der Waals surface area contributed by atoms with E-state index in [0.29, 0.717) is 6.92 Å². The van der Waals surface area contributed by atoms with E-state index in [4.69, 9.17) is 4.42 Å². The minimum atomic E-state index is -3.44. The Morgan fingerprint density at radius 2 is 1.76 bits per heavy atom. The predicted molar refractivity (Wildman–Crippen MR) is 92.7 cm³/mol. The average Bonchev–Trinajstić information content (AvgIpc) is 2.90. The number of aromatic hydroxyl groups is 1. The maximum Gasteiger partial charge on any atom is 0.302 e. The molecule has 0 saturated heterocycles. The SMILES string of the molecule is CC(F)(F)c1oc2ccc(F)cc2c1C(=O)c1cc(Br)c(O)c(Br)c1. The Morgan fingerprint density at radius 1 is 1.16 bits per heavy atom. The van der Waals surface area contributed by atoms with Gasteiger partial charge in [-0.05, 0) is 62.2 Å². The molecule has 3 aromatic rings. The smallest absolute Gasteiger partial charge is 0.302 e. The van der Waals surface area contributed by atoms with Crippen molar-refractivity contribution in [2.24, 2.45) is 0 Å². The maximum atomic E-state index is 14.0. The van der Waals surface area contributed by atoms with E-state index in [9.17, 15) is 23.1 Å². The van der Waals surface area contributed by atoms with Crippen molar-refractivity contribution in [2.45, 2.75) is 12.8 Å². The Bertz CT molecular complexity index is 983. The molecule has 1 aromatic heterocycles. The fraction of sp³-hybridized carbons (Fsp3) is 0.118. The van der Waals surface area contributed by atoms with E-state index in [1.807, 2.05) is 0 Å². The third kappa shape index (κ3) is 3.20. The van der Waals surface area contributed by atoms with E-state index in [1.54, 1.807) is 0 Å². The van der Waals surface area contributed by atoms with Gasteiger partial charge in [-0.25, -0.2) is 4.39 Å². The molecule has 1 heterocycles. The molecule has 0 aliphatic rings. The van der Waals surface area contributed by atoms with Crippen molar-refractivity contribution >= 4 is 48.6 Å². The first-order valence-corrected chi connectivity index (χ1v) is 8.51. The topological polar surface area (TPSA) is 50.4 Å². The van der Waals surface area contributed by atoms with Gasteiger partial charge in [-0.1, -0.05) is 0 Å². The quantitative estimate of drug-likeness (QED) is 0.460. The zero-order valence-corrected chi connectivity index (χ0v) is 15.7. The number of furan rings is 1. The summed E-state index contributed by atoms with van der Waals surface area (Å²) in [7, 11) is 0. The molecule has 0 aliphatic heterocycles. The highest BCUT2D eigenvalue weighted by Crippen LogP contribution is 2.40. The van der Waals surface area contributed by atoms with Crippen LogP contribution in [0.15, 0.2) is 43.7 Å². The van der Waals surface area contributed by atoms with Crippen molar-refractivity contribution in [2.75, 3.05) is 0 Å². The summed E-state index contributed by atoms with van der Waals surface area (Å²) in [6.07, 6.45) is 0. The number of carbonyl (C=O) groups excluding carboxylic acids is 1. The van der Waals surface area contributed by atoms with Crippen LogP contribution in [0, 0.1) is 5.82 Å². The molecular weight excluding hydrogens is 469 g/mol. The lowest BCUT2D eigenvalue weighted by Crippen LogP contribution is -2.13. The van der Waals surface area contributed by atoms with E-state index in [-0.39, 0.29) is 31.2 Å². The van der Waals surface area contributed by atoms with E-state index in [1.165, 1.54) is 18.2 Å². The lowest BCUT2D eigenvalue weighted by atomic mass is 9.98.